The van der Waals surface area contributed by atoms with E-state index in [0.717, 1.165) is 5.56 Å². The van der Waals surface area contributed by atoms with Gasteiger partial charge in [-0.05, 0) is 59.6 Å². The largest absolute Gasteiger partial charge is 0.444 e. The number of carbonyl (C=O) groups excluding carboxylic acids is 1. The summed E-state index contributed by atoms with van der Waals surface area (Å²) in [7, 11) is -3.84. The van der Waals surface area contributed by atoms with Crippen LogP contribution in [0.2, 0.25) is 0 Å². The number of nitrogens with zero attached hydrogens (tertiary/aromatic N) is 1. The molecule has 0 N–H and O–H groups in total. The van der Waals surface area contributed by atoms with Gasteiger partial charge in [0.1, 0.15) is 5.60 Å². The molecule has 7 heteroatoms. The molecule has 0 saturated carbocycles. The van der Waals surface area contributed by atoms with Crippen LogP contribution in [0.4, 0.5) is 4.79 Å². The lowest BCUT2D eigenvalue weighted by atomic mass is 9.94. The Labute approximate surface area is 150 Å². The maximum absolute atomic E-state index is 12.5. The molecule has 0 atom stereocenters. The van der Waals surface area contributed by atoms with E-state index in [0.29, 0.717) is 25.9 Å². The predicted octanol–water partition coefficient (Wildman–Crippen LogP) is 3.49. The van der Waals surface area contributed by atoms with E-state index < -0.39 is 21.3 Å². The van der Waals surface area contributed by atoms with Gasteiger partial charge in [0, 0.05) is 13.1 Å². The number of piperidine rings is 1. The van der Waals surface area contributed by atoms with Gasteiger partial charge in [-0.25, -0.2) is 4.79 Å². The van der Waals surface area contributed by atoms with Crippen molar-refractivity contribution in [3.05, 3.63) is 29.8 Å². The molecule has 0 aromatic heterocycles. The summed E-state index contributed by atoms with van der Waals surface area (Å²) in [5, 5.41) is 0. The number of ether oxygens (including phenoxy) is 1. The van der Waals surface area contributed by atoms with Crippen LogP contribution in [0, 0.1) is 6.92 Å². The number of benzene rings is 1. The normalized spacial score (nSPS) is 18.0. The van der Waals surface area contributed by atoms with Gasteiger partial charge in [0.05, 0.1) is 10.5 Å². The van der Waals surface area contributed by atoms with Crippen LogP contribution in [-0.4, -0.2) is 43.7 Å². The van der Waals surface area contributed by atoms with E-state index in [-0.39, 0.29) is 11.0 Å². The Bertz CT molecular complexity index is 711. The Morgan fingerprint density at radius 3 is 2.12 bits per heavy atom. The summed E-state index contributed by atoms with van der Waals surface area (Å²) >= 11 is 0. The third-order valence-electron chi connectivity index (χ3n) is 4.09. The van der Waals surface area contributed by atoms with Crippen LogP contribution >= 0.6 is 0 Å². The van der Waals surface area contributed by atoms with Crippen LogP contribution < -0.4 is 0 Å². The highest BCUT2D eigenvalue weighted by molar-refractivity contribution is 7.86. The first-order valence-electron chi connectivity index (χ1n) is 8.41. The average Bonchev–Trinajstić information content (AvgIpc) is 2.45. The van der Waals surface area contributed by atoms with Crippen LogP contribution in [-0.2, 0) is 19.0 Å². The summed E-state index contributed by atoms with van der Waals surface area (Å²) in [6, 6.07) is 6.57. The maximum Gasteiger partial charge on any atom is 0.410 e. The molecule has 1 saturated heterocycles. The van der Waals surface area contributed by atoms with Gasteiger partial charge < -0.3 is 9.64 Å². The fourth-order valence-corrected chi connectivity index (χ4v) is 3.85. The number of carbonyl (C=O) groups is 1. The van der Waals surface area contributed by atoms with Gasteiger partial charge in [0.25, 0.3) is 10.1 Å². The fraction of sp³-hybridized carbons (Fsp3) is 0.611. The molecule has 1 aromatic carbocycles. The molecule has 0 unspecified atom stereocenters. The summed E-state index contributed by atoms with van der Waals surface area (Å²) < 4.78 is 35.9. The van der Waals surface area contributed by atoms with Crippen molar-refractivity contribution in [3.63, 3.8) is 0 Å². The predicted molar refractivity (Wildman–Crippen MR) is 94.9 cm³/mol. The number of hydrogen-bond acceptors (Lipinski definition) is 5. The van der Waals surface area contributed by atoms with E-state index in [9.17, 15) is 13.2 Å². The molecule has 1 fully saturated rings. The molecule has 1 aromatic rings. The fourth-order valence-electron chi connectivity index (χ4n) is 2.59. The molecular formula is C18H27NO5S. The average molecular weight is 369 g/mol. The number of rotatable bonds is 3. The van der Waals surface area contributed by atoms with Crippen molar-refractivity contribution in [3.8, 4) is 0 Å². The molecule has 0 aliphatic carbocycles. The van der Waals surface area contributed by atoms with E-state index in [4.69, 9.17) is 8.92 Å². The highest BCUT2D eigenvalue weighted by atomic mass is 32.2. The van der Waals surface area contributed by atoms with E-state index in [2.05, 4.69) is 0 Å². The van der Waals surface area contributed by atoms with Gasteiger partial charge in [-0.3, -0.25) is 4.18 Å². The van der Waals surface area contributed by atoms with Gasteiger partial charge in [0.2, 0.25) is 0 Å². The van der Waals surface area contributed by atoms with E-state index >= 15 is 0 Å². The van der Waals surface area contributed by atoms with Gasteiger partial charge in [-0.1, -0.05) is 17.7 Å². The highest BCUT2D eigenvalue weighted by Crippen LogP contribution is 2.30. The molecular weight excluding hydrogens is 342 g/mol. The van der Waals surface area contributed by atoms with Crippen molar-refractivity contribution in [2.75, 3.05) is 13.1 Å². The minimum absolute atomic E-state index is 0.147. The Kier molecular flexibility index (Phi) is 5.49. The second-order valence-electron chi connectivity index (χ2n) is 7.77. The summed E-state index contributed by atoms with van der Waals surface area (Å²) in [5.41, 5.74) is -0.401. The number of aryl methyl sites for hydroxylation is 1. The Balaban J connectivity index is 2.00. The second kappa shape index (κ2) is 6.96. The minimum Gasteiger partial charge on any atom is -0.444 e. The number of likely N-dealkylation sites (tertiary alicyclic amines) is 1. The van der Waals surface area contributed by atoms with Crippen molar-refractivity contribution in [1.82, 2.24) is 4.90 Å². The second-order valence-corrected chi connectivity index (χ2v) is 9.31. The number of amides is 1. The molecule has 0 radical (unpaired) electrons. The van der Waals surface area contributed by atoms with E-state index in [1.807, 2.05) is 27.7 Å². The number of hydrogen-bond donors (Lipinski definition) is 0. The topological polar surface area (TPSA) is 72.9 Å². The van der Waals surface area contributed by atoms with Crippen molar-refractivity contribution >= 4 is 16.2 Å². The maximum atomic E-state index is 12.5. The van der Waals surface area contributed by atoms with Crippen molar-refractivity contribution < 1.29 is 22.1 Å². The Hall–Kier alpha value is -1.60. The van der Waals surface area contributed by atoms with Crippen LogP contribution in [0.25, 0.3) is 0 Å². The summed E-state index contributed by atoms with van der Waals surface area (Å²) in [6.07, 6.45) is 0.477. The van der Waals surface area contributed by atoms with Crippen LogP contribution in [0.15, 0.2) is 29.2 Å². The van der Waals surface area contributed by atoms with Crippen molar-refractivity contribution in [2.45, 2.75) is 63.6 Å². The van der Waals surface area contributed by atoms with Gasteiger partial charge in [-0.15, -0.1) is 0 Å². The highest BCUT2D eigenvalue weighted by Gasteiger charge is 2.38. The molecule has 2 rings (SSSR count). The van der Waals surface area contributed by atoms with Crippen LogP contribution in [0.5, 0.6) is 0 Å². The zero-order chi connectivity index (χ0) is 18.9. The molecule has 0 bridgehead atoms. The quantitative estimate of drug-likeness (QED) is 0.763. The van der Waals surface area contributed by atoms with E-state index in [1.54, 1.807) is 36.1 Å². The van der Waals surface area contributed by atoms with Crippen molar-refractivity contribution in [2.24, 2.45) is 0 Å². The van der Waals surface area contributed by atoms with Gasteiger partial charge >= 0.3 is 6.09 Å². The van der Waals surface area contributed by atoms with Crippen molar-refractivity contribution in [1.29, 1.82) is 0 Å². The monoisotopic (exact) mass is 369 g/mol. The van der Waals surface area contributed by atoms with Crippen LogP contribution in [0.3, 0.4) is 0 Å². The first-order chi connectivity index (χ1) is 11.4. The molecule has 6 nitrogen and oxygen atoms in total. The first kappa shape index (κ1) is 19.7. The Morgan fingerprint density at radius 2 is 1.64 bits per heavy atom. The molecule has 1 aliphatic heterocycles. The molecule has 1 heterocycles. The lowest BCUT2D eigenvalue weighted by Gasteiger charge is -2.38. The summed E-state index contributed by atoms with van der Waals surface area (Å²) in [6.45, 7) is 9.91. The first-order valence-corrected chi connectivity index (χ1v) is 9.81. The molecule has 140 valence electrons. The third-order valence-corrected chi connectivity index (χ3v) is 5.56. The lowest BCUT2D eigenvalue weighted by Crippen LogP contribution is -2.48. The molecule has 1 amide bonds. The Morgan fingerprint density at radius 1 is 1.12 bits per heavy atom. The SMILES string of the molecule is Cc1ccc(S(=O)(=O)OC2(C)CCN(C(=O)OC(C)(C)C)CC2)cc1. The van der Waals surface area contributed by atoms with E-state index in [1.165, 1.54) is 0 Å². The van der Waals surface area contributed by atoms with Crippen LogP contribution in [0.1, 0.15) is 46.1 Å². The summed E-state index contributed by atoms with van der Waals surface area (Å²) in [4.78, 5) is 13.8. The molecule has 25 heavy (non-hydrogen) atoms. The zero-order valence-electron chi connectivity index (χ0n) is 15.5. The zero-order valence-corrected chi connectivity index (χ0v) is 16.4. The standard InChI is InChI=1S/C18H27NO5S/c1-14-6-8-15(9-7-14)25(21,22)24-18(5)10-12-19(13-11-18)16(20)23-17(2,3)4/h6-9H,10-13H2,1-5H3. The minimum atomic E-state index is -3.84. The third kappa shape index (κ3) is 5.44. The summed E-state index contributed by atoms with van der Waals surface area (Å²) in [5.74, 6) is 0. The van der Waals surface area contributed by atoms with Gasteiger partial charge in [-0.2, -0.15) is 8.42 Å². The smallest absolute Gasteiger partial charge is 0.410 e. The lowest BCUT2D eigenvalue weighted by molar-refractivity contribution is -0.00729. The molecule has 0 spiro atoms. The van der Waals surface area contributed by atoms with Gasteiger partial charge in [0.15, 0.2) is 0 Å². The molecule has 1 aliphatic rings.